The van der Waals surface area contributed by atoms with E-state index in [9.17, 15) is 9.59 Å². The molecule has 0 aromatic heterocycles. The number of carbonyl (C=O) groups excluding carboxylic acids is 2. The Hall–Kier alpha value is -3.73. The molecule has 0 aliphatic heterocycles. The minimum atomic E-state index is -0.855. The molecule has 0 radical (unpaired) electrons. The molecular formula is C22H19N3O2. The number of hydrogen-bond donors (Lipinski definition) is 2. The second kappa shape index (κ2) is 9.10. The summed E-state index contributed by atoms with van der Waals surface area (Å²) in [6.45, 7) is 0. The summed E-state index contributed by atoms with van der Waals surface area (Å²) in [5.41, 5.74) is 4.53. The molecule has 0 saturated carbocycles. The molecule has 1 unspecified atom stereocenters. The summed E-state index contributed by atoms with van der Waals surface area (Å²) in [5.74, 6) is -0.746. The first-order chi connectivity index (χ1) is 13.2. The number of amides is 2. The van der Waals surface area contributed by atoms with Gasteiger partial charge in [-0.25, -0.2) is 5.43 Å². The zero-order chi connectivity index (χ0) is 18.9. The average molecular weight is 357 g/mol. The Morgan fingerprint density at radius 2 is 1.33 bits per heavy atom. The normalized spacial score (nSPS) is 11.7. The smallest absolute Gasteiger partial charge is 0.267 e. The van der Waals surface area contributed by atoms with Gasteiger partial charge in [0.1, 0.15) is 6.04 Å². The van der Waals surface area contributed by atoms with E-state index in [1.54, 1.807) is 42.6 Å². The predicted octanol–water partition coefficient (Wildman–Crippen LogP) is 3.31. The number of benzene rings is 3. The summed E-state index contributed by atoms with van der Waals surface area (Å²) in [6, 6.07) is 26.4. The van der Waals surface area contributed by atoms with Crippen LogP contribution in [0.3, 0.4) is 0 Å². The van der Waals surface area contributed by atoms with E-state index in [2.05, 4.69) is 15.8 Å². The van der Waals surface area contributed by atoms with Gasteiger partial charge in [0.15, 0.2) is 0 Å². The van der Waals surface area contributed by atoms with Crippen LogP contribution in [0.15, 0.2) is 96.1 Å². The molecule has 5 heteroatoms. The molecule has 2 N–H and O–H groups in total. The van der Waals surface area contributed by atoms with Crippen LogP contribution < -0.4 is 10.7 Å². The largest absolute Gasteiger partial charge is 0.336 e. The van der Waals surface area contributed by atoms with E-state index >= 15 is 0 Å². The summed E-state index contributed by atoms with van der Waals surface area (Å²) in [4.78, 5) is 25.2. The summed E-state index contributed by atoms with van der Waals surface area (Å²) in [7, 11) is 0. The summed E-state index contributed by atoms with van der Waals surface area (Å²) >= 11 is 0. The molecule has 0 fully saturated rings. The van der Waals surface area contributed by atoms with Crippen LogP contribution in [0.1, 0.15) is 27.5 Å². The van der Waals surface area contributed by atoms with Crippen LogP contribution >= 0.6 is 0 Å². The van der Waals surface area contributed by atoms with Gasteiger partial charge in [0.25, 0.3) is 11.8 Å². The fourth-order valence-electron chi connectivity index (χ4n) is 2.52. The number of hydrazone groups is 1. The van der Waals surface area contributed by atoms with Crippen molar-refractivity contribution in [1.29, 1.82) is 0 Å². The van der Waals surface area contributed by atoms with Gasteiger partial charge in [-0.1, -0.05) is 78.9 Å². The predicted molar refractivity (Wildman–Crippen MR) is 105 cm³/mol. The Labute approximate surface area is 157 Å². The van der Waals surface area contributed by atoms with Gasteiger partial charge in [-0.2, -0.15) is 5.10 Å². The zero-order valence-electron chi connectivity index (χ0n) is 14.6. The molecular weight excluding hydrogens is 338 g/mol. The number of rotatable bonds is 6. The zero-order valence-corrected chi connectivity index (χ0v) is 14.6. The fraction of sp³-hybridized carbons (Fsp3) is 0.0455. The van der Waals surface area contributed by atoms with Crippen LogP contribution in [0.4, 0.5) is 0 Å². The first-order valence-electron chi connectivity index (χ1n) is 8.53. The molecule has 5 nitrogen and oxygen atoms in total. The molecule has 3 aromatic carbocycles. The molecule has 0 spiro atoms. The number of nitrogens with one attached hydrogen (secondary N) is 2. The van der Waals surface area contributed by atoms with Crippen molar-refractivity contribution in [3.8, 4) is 0 Å². The van der Waals surface area contributed by atoms with E-state index in [4.69, 9.17) is 0 Å². The van der Waals surface area contributed by atoms with Crippen LogP contribution in [0, 0.1) is 0 Å². The van der Waals surface area contributed by atoms with E-state index < -0.39 is 11.9 Å². The first-order valence-corrected chi connectivity index (χ1v) is 8.53. The Kier molecular flexibility index (Phi) is 6.09. The first kappa shape index (κ1) is 18.1. The van der Waals surface area contributed by atoms with Crippen LogP contribution in [0.2, 0.25) is 0 Å². The minimum Gasteiger partial charge on any atom is -0.336 e. The topological polar surface area (TPSA) is 70.6 Å². The molecule has 134 valence electrons. The standard InChI is InChI=1S/C22H19N3O2/c26-21(19-14-8-3-9-15-19)24-20(18-12-6-2-7-13-18)22(27)25-23-16-17-10-4-1-5-11-17/h1-16,20H,(H,24,26)(H,25,27). The average Bonchev–Trinajstić information content (AvgIpc) is 2.74. The van der Waals surface area contributed by atoms with Crippen molar-refractivity contribution in [2.75, 3.05) is 0 Å². The number of hydrogen-bond acceptors (Lipinski definition) is 3. The Bertz CT molecular complexity index is 910. The van der Waals surface area contributed by atoms with Crippen molar-refractivity contribution in [2.24, 2.45) is 5.10 Å². The number of carbonyl (C=O) groups is 2. The Balaban J connectivity index is 1.74. The van der Waals surface area contributed by atoms with Crippen molar-refractivity contribution < 1.29 is 9.59 Å². The van der Waals surface area contributed by atoms with Gasteiger partial charge in [0.05, 0.1) is 6.21 Å². The lowest BCUT2D eigenvalue weighted by Gasteiger charge is -2.17. The van der Waals surface area contributed by atoms with Crippen LogP contribution in [0.5, 0.6) is 0 Å². The second-order valence-corrected chi connectivity index (χ2v) is 5.83. The quantitative estimate of drug-likeness (QED) is 0.525. The van der Waals surface area contributed by atoms with Gasteiger partial charge in [0.2, 0.25) is 0 Å². The highest BCUT2D eigenvalue weighted by Crippen LogP contribution is 2.14. The van der Waals surface area contributed by atoms with Crippen molar-refractivity contribution >= 4 is 18.0 Å². The second-order valence-electron chi connectivity index (χ2n) is 5.83. The van der Waals surface area contributed by atoms with E-state index in [1.165, 1.54) is 0 Å². The van der Waals surface area contributed by atoms with Crippen molar-refractivity contribution in [1.82, 2.24) is 10.7 Å². The van der Waals surface area contributed by atoms with Crippen molar-refractivity contribution in [2.45, 2.75) is 6.04 Å². The van der Waals surface area contributed by atoms with E-state index in [0.717, 1.165) is 5.56 Å². The third kappa shape index (κ3) is 5.12. The lowest BCUT2D eigenvalue weighted by molar-refractivity contribution is -0.123. The fourth-order valence-corrected chi connectivity index (χ4v) is 2.52. The van der Waals surface area contributed by atoms with Gasteiger partial charge < -0.3 is 5.32 Å². The molecule has 2 amide bonds. The van der Waals surface area contributed by atoms with Gasteiger partial charge >= 0.3 is 0 Å². The number of nitrogens with zero attached hydrogens (tertiary/aromatic N) is 1. The van der Waals surface area contributed by atoms with Crippen LogP contribution in [-0.2, 0) is 4.79 Å². The van der Waals surface area contributed by atoms with Crippen LogP contribution in [-0.4, -0.2) is 18.0 Å². The molecule has 1 atom stereocenters. The van der Waals surface area contributed by atoms with Crippen molar-refractivity contribution in [3.05, 3.63) is 108 Å². The van der Waals surface area contributed by atoms with Crippen LogP contribution in [0.25, 0.3) is 0 Å². The summed E-state index contributed by atoms with van der Waals surface area (Å²) < 4.78 is 0. The minimum absolute atomic E-state index is 0.327. The maximum Gasteiger partial charge on any atom is 0.267 e. The summed E-state index contributed by atoms with van der Waals surface area (Å²) in [6.07, 6.45) is 1.55. The van der Waals surface area contributed by atoms with Gasteiger partial charge in [0, 0.05) is 5.56 Å². The van der Waals surface area contributed by atoms with E-state index in [-0.39, 0.29) is 5.91 Å². The molecule has 0 aliphatic carbocycles. The monoisotopic (exact) mass is 357 g/mol. The molecule has 0 heterocycles. The lowest BCUT2D eigenvalue weighted by atomic mass is 10.1. The Morgan fingerprint density at radius 3 is 1.96 bits per heavy atom. The maximum atomic E-state index is 12.7. The van der Waals surface area contributed by atoms with E-state index in [0.29, 0.717) is 11.1 Å². The highest BCUT2D eigenvalue weighted by molar-refractivity contribution is 5.98. The Morgan fingerprint density at radius 1 is 0.778 bits per heavy atom. The SMILES string of the molecule is O=C(NC(C(=O)NN=Cc1ccccc1)c1ccccc1)c1ccccc1. The summed E-state index contributed by atoms with van der Waals surface area (Å²) in [5, 5.41) is 6.77. The molecule has 3 rings (SSSR count). The van der Waals surface area contributed by atoms with Gasteiger partial charge in [-0.15, -0.1) is 0 Å². The molecule has 0 saturated heterocycles. The molecule has 27 heavy (non-hydrogen) atoms. The molecule has 0 bridgehead atoms. The van der Waals surface area contributed by atoms with Gasteiger partial charge in [-0.05, 0) is 23.3 Å². The maximum absolute atomic E-state index is 12.7. The third-order valence-corrected chi connectivity index (χ3v) is 3.89. The third-order valence-electron chi connectivity index (χ3n) is 3.89. The van der Waals surface area contributed by atoms with Crippen molar-refractivity contribution in [3.63, 3.8) is 0 Å². The van der Waals surface area contributed by atoms with E-state index in [1.807, 2.05) is 54.6 Å². The molecule has 3 aromatic rings. The lowest BCUT2D eigenvalue weighted by Crippen LogP contribution is -2.38. The highest BCUT2D eigenvalue weighted by Gasteiger charge is 2.22. The molecule has 0 aliphatic rings. The highest BCUT2D eigenvalue weighted by atomic mass is 16.2. The van der Waals surface area contributed by atoms with Gasteiger partial charge in [-0.3, -0.25) is 9.59 Å².